The van der Waals surface area contributed by atoms with E-state index >= 15 is 0 Å². The number of aromatic nitrogens is 2. The number of hydrogen-bond acceptors (Lipinski definition) is 5. The van der Waals surface area contributed by atoms with Gasteiger partial charge in [-0.1, -0.05) is 55.5 Å². The van der Waals surface area contributed by atoms with Crippen LogP contribution in [0.4, 0.5) is 5.82 Å². The summed E-state index contributed by atoms with van der Waals surface area (Å²) in [7, 11) is 1.30. The standard InChI is InChI=1S/C21H25N3O3/c1-4-6-10-16(5-2)13-22-20-21(26)24(15-19(25)27-3)18(14-23-20)17-11-8-7-9-12-17/h5-12,14H,4,13,15H2,1-3H3,(H,22,23)/b10-6-,16-5+. The molecule has 6 nitrogen and oxygen atoms in total. The monoisotopic (exact) mass is 367 g/mol. The Balaban J connectivity index is 2.38. The SMILES string of the molecule is C/C=C(\C=C/CC)CNc1ncc(-c2ccccc2)n(CC(=O)OC)c1=O. The molecule has 0 bridgehead atoms. The van der Waals surface area contributed by atoms with E-state index in [0.717, 1.165) is 17.6 Å². The molecule has 2 aromatic rings. The maximum atomic E-state index is 12.9. The first-order valence-corrected chi connectivity index (χ1v) is 8.88. The van der Waals surface area contributed by atoms with E-state index in [1.165, 1.54) is 11.7 Å². The first kappa shape index (κ1) is 20.2. The molecule has 1 heterocycles. The minimum absolute atomic E-state index is 0.178. The van der Waals surface area contributed by atoms with Gasteiger partial charge in [0.25, 0.3) is 5.56 Å². The van der Waals surface area contributed by atoms with Crippen LogP contribution in [-0.4, -0.2) is 29.2 Å². The number of methoxy groups -OCH3 is 1. The number of nitrogens with zero attached hydrogens (tertiary/aromatic N) is 2. The zero-order chi connectivity index (χ0) is 19.6. The number of anilines is 1. The summed E-state index contributed by atoms with van der Waals surface area (Å²) in [5.74, 6) is -0.297. The van der Waals surface area contributed by atoms with Gasteiger partial charge in [0, 0.05) is 6.54 Å². The van der Waals surface area contributed by atoms with E-state index < -0.39 is 5.97 Å². The van der Waals surface area contributed by atoms with E-state index in [9.17, 15) is 9.59 Å². The number of rotatable bonds is 8. The fourth-order valence-electron chi connectivity index (χ4n) is 2.51. The van der Waals surface area contributed by atoms with Gasteiger partial charge in [0.15, 0.2) is 5.82 Å². The smallest absolute Gasteiger partial charge is 0.325 e. The lowest BCUT2D eigenvalue weighted by Crippen LogP contribution is -2.30. The molecule has 0 spiro atoms. The molecule has 0 unspecified atom stereocenters. The number of ether oxygens (including phenoxy) is 1. The van der Waals surface area contributed by atoms with Crippen molar-refractivity contribution in [2.24, 2.45) is 0 Å². The van der Waals surface area contributed by atoms with Crippen molar-refractivity contribution in [2.45, 2.75) is 26.8 Å². The third-order valence-electron chi connectivity index (χ3n) is 4.04. The number of esters is 1. The number of carbonyl (C=O) groups excluding carboxylic acids is 1. The van der Waals surface area contributed by atoms with E-state index in [1.54, 1.807) is 6.20 Å². The fourth-order valence-corrected chi connectivity index (χ4v) is 2.51. The van der Waals surface area contributed by atoms with E-state index in [2.05, 4.69) is 23.3 Å². The van der Waals surface area contributed by atoms with Crippen molar-refractivity contribution in [3.05, 3.63) is 70.7 Å². The van der Waals surface area contributed by atoms with Gasteiger partial charge >= 0.3 is 5.97 Å². The highest BCUT2D eigenvalue weighted by Gasteiger charge is 2.15. The lowest BCUT2D eigenvalue weighted by atomic mass is 10.1. The third kappa shape index (κ3) is 5.41. The van der Waals surface area contributed by atoms with Gasteiger partial charge in [0.05, 0.1) is 19.0 Å². The molecule has 0 atom stereocenters. The first-order chi connectivity index (χ1) is 13.1. The van der Waals surface area contributed by atoms with Crippen molar-refractivity contribution in [1.82, 2.24) is 9.55 Å². The lowest BCUT2D eigenvalue weighted by Gasteiger charge is -2.14. The van der Waals surface area contributed by atoms with Crippen LogP contribution >= 0.6 is 0 Å². The Kier molecular flexibility index (Phi) is 7.55. The molecule has 142 valence electrons. The van der Waals surface area contributed by atoms with Gasteiger partial charge in [-0.15, -0.1) is 0 Å². The number of benzene rings is 1. The molecule has 0 saturated heterocycles. The molecule has 0 fully saturated rings. The highest BCUT2D eigenvalue weighted by molar-refractivity contribution is 5.71. The molecule has 1 aromatic heterocycles. The van der Waals surface area contributed by atoms with Crippen molar-refractivity contribution in [3.63, 3.8) is 0 Å². The summed E-state index contributed by atoms with van der Waals surface area (Å²) in [4.78, 5) is 29.0. The van der Waals surface area contributed by atoms with Gasteiger partial charge in [0.1, 0.15) is 6.54 Å². The van der Waals surface area contributed by atoms with Crippen LogP contribution in [0.1, 0.15) is 20.3 Å². The van der Waals surface area contributed by atoms with Gasteiger partial charge in [-0.2, -0.15) is 0 Å². The Bertz CT molecular complexity index is 883. The summed E-state index contributed by atoms with van der Waals surface area (Å²) in [5, 5.41) is 3.07. The highest BCUT2D eigenvalue weighted by Crippen LogP contribution is 2.17. The quantitative estimate of drug-likeness (QED) is 0.572. The molecular formula is C21H25N3O3. The minimum atomic E-state index is -0.494. The maximum absolute atomic E-state index is 12.9. The third-order valence-corrected chi connectivity index (χ3v) is 4.04. The van der Waals surface area contributed by atoms with Crippen LogP contribution in [0.5, 0.6) is 0 Å². The zero-order valence-electron chi connectivity index (χ0n) is 15.9. The van der Waals surface area contributed by atoms with Gasteiger partial charge in [-0.25, -0.2) is 4.98 Å². The minimum Gasteiger partial charge on any atom is -0.468 e. The summed E-state index contributed by atoms with van der Waals surface area (Å²) in [6.07, 6.45) is 8.58. The Morgan fingerprint density at radius 1 is 1.30 bits per heavy atom. The molecule has 0 amide bonds. The molecule has 2 rings (SSSR count). The Hall–Kier alpha value is -3.15. The predicted molar refractivity (Wildman–Crippen MR) is 108 cm³/mol. The van der Waals surface area contributed by atoms with Crippen LogP contribution < -0.4 is 10.9 Å². The van der Waals surface area contributed by atoms with E-state index in [0.29, 0.717) is 12.2 Å². The maximum Gasteiger partial charge on any atom is 0.325 e. The zero-order valence-corrected chi connectivity index (χ0v) is 15.9. The van der Waals surface area contributed by atoms with E-state index in [4.69, 9.17) is 4.74 Å². The van der Waals surface area contributed by atoms with Crippen LogP contribution in [0, 0.1) is 0 Å². The van der Waals surface area contributed by atoms with Crippen LogP contribution in [0.15, 0.2) is 65.1 Å². The second-order valence-corrected chi connectivity index (χ2v) is 5.85. The highest BCUT2D eigenvalue weighted by atomic mass is 16.5. The van der Waals surface area contributed by atoms with Crippen LogP contribution in [0.3, 0.4) is 0 Å². The number of carbonyl (C=O) groups is 1. The molecule has 6 heteroatoms. The second-order valence-electron chi connectivity index (χ2n) is 5.85. The summed E-state index contributed by atoms with van der Waals surface area (Å²) in [6.45, 7) is 4.30. The molecule has 27 heavy (non-hydrogen) atoms. The Morgan fingerprint density at radius 2 is 2.04 bits per heavy atom. The molecule has 1 N–H and O–H groups in total. The van der Waals surface area contributed by atoms with Gasteiger partial charge in [0.2, 0.25) is 0 Å². The van der Waals surface area contributed by atoms with E-state index in [1.807, 2.05) is 49.4 Å². The lowest BCUT2D eigenvalue weighted by molar-refractivity contribution is -0.141. The van der Waals surface area contributed by atoms with Crippen molar-refractivity contribution >= 4 is 11.8 Å². The van der Waals surface area contributed by atoms with Gasteiger partial charge < -0.3 is 10.1 Å². The fraction of sp³-hybridized carbons (Fsp3) is 0.286. The largest absolute Gasteiger partial charge is 0.468 e. The Morgan fingerprint density at radius 3 is 2.67 bits per heavy atom. The average molecular weight is 367 g/mol. The second kappa shape index (κ2) is 10.1. The average Bonchev–Trinajstić information content (AvgIpc) is 2.71. The number of nitrogens with one attached hydrogen (secondary N) is 1. The predicted octanol–water partition coefficient (Wildman–Crippen LogP) is 3.41. The number of hydrogen-bond donors (Lipinski definition) is 1. The van der Waals surface area contributed by atoms with Crippen LogP contribution in [-0.2, 0) is 16.1 Å². The van der Waals surface area contributed by atoms with Crippen molar-refractivity contribution in [1.29, 1.82) is 0 Å². The summed E-state index contributed by atoms with van der Waals surface area (Å²) < 4.78 is 6.12. The van der Waals surface area contributed by atoms with E-state index in [-0.39, 0.29) is 17.9 Å². The van der Waals surface area contributed by atoms with Crippen molar-refractivity contribution < 1.29 is 9.53 Å². The molecule has 1 aromatic carbocycles. The van der Waals surface area contributed by atoms with Gasteiger partial charge in [-0.05, 0) is 24.5 Å². The molecule has 0 aliphatic carbocycles. The van der Waals surface area contributed by atoms with Crippen molar-refractivity contribution in [2.75, 3.05) is 19.0 Å². The van der Waals surface area contributed by atoms with Crippen molar-refractivity contribution in [3.8, 4) is 11.3 Å². The number of allylic oxidation sites excluding steroid dienone is 2. The summed E-state index contributed by atoms with van der Waals surface area (Å²) >= 11 is 0. The summed E-state index contributed by atoms with van der Waals surface area (Å²) in [6, 6.07) is 9.35. The van der Waals surface area contributed by atoms with Gasteiger partial charge in [-0.3, -0.25) is 14.2 Å². The Labute approximate surface area is 159 Å². The normalized spacial score (nSPS) is 11.6. The first-order valence-electron chi connectivity index (χ1n) is 8.88. The molecule has 0 aliphatic rings. The summed E-state index contributed by atoms with van der Waals surface area (Å²) in [5.41, 5.74) is 2.05. The molecule has 0 radical (unpaired) electrons. The molecule has 0 aliphatic heterocycles. The van der Waals surface area contributed by atoms with Crippen LogP contribution in [0.25, 0.3) is 11.3 Å². The topological polar surface area (TPSA) is 73.2 Å². The van der Waals surface area contributed by atoms with Crippen LogP contribution in [0.2, 0.25) is 0 Å². The molecule has 0 saturated carbocycles. The molecular weight excluding hydrogens is 342 g/mol.